The fraction of sp³-hybridized carbons (Fsp3) is 0.900. The minimum Gasteiger partial charge on any atom is -0.445 e. The van der Waals surface area contributed by atoms with E-state index in [1.165, 1.54) is 6.92 Å². The number of nitrogens with two attached hydrogens (primary N) is 1. The number of hydrogen-bond donors (Lipinski definition) is 3. The lowest BCUT2D eigenvalue weighted by molar-refractivity contribution is -0.157. The van der Waals surface area contributed by atoms with Gasteiger partial charge in [0, 0.05) is 13.1 Å². The van der Waals surface area contributed by atoms with Crippen molar-refractivity contribution in [2.75, 3.05) is 26.3 Å². The first-order valence-electron chi connectivity index (χ1n) is 5.50. The van der Waals surface area contributed by atoms with Crippen molar-refractivity contribution in [3.8, 4) is 0 Å². The molecule has 1 aliphatic rings. The van der Waals surface area contributed by atoms with Crippen LogP contribution in [-0.4, -0.2) is 49.7 Å². The summed E-state index contributed by atoms with van der Waals surface area (Å²) in [6.45, 7) is 6.96. The van der Waals surface area contributed by atoms with Gasteiger partial charge in [-0.2, -0.15) is 0 Å². The van der Waals surface area contributed by atoms with Crippen molar-refractivity contribution in [2.24, 2.45) is 5.73 Å². The third kappa shape index (κ3) is 8.60. The molecule has 6 nitrogen and oxygen atoms in total. The first kappa shape index (κ1) is 15.3. The van der Waals surface area contributed by atoms with Crippen molar-refractivity contribution >= 4 is 5.97 Å². The number of nitrogens with one attached hydrogen (secondary N) is 1. The van der Waals surface area contributed by atoms with Crippen LogP contribution in [0.2, 0.25) is 0 Å². The molecule has 16 heavy (non-hydrogen) atoms. The van der Waals surface area contributed by atoms with E-state index in [-0.39, 0.29) is 0 Å². The standard InChI is InChI=1S/C6H13NO3.C4H9NO/c1-3-5(7)10-6(9)4(2)8;1-3-6-4-2-5-1/h4-5,8H,3,7H2,1-2H3;5H,1-4H2. The summed E-state index contributed by atoms with van der Waals surface area (Å²) in [5.41, 5.74) is 5.26. The smallest absolute Gasteiger partial charge is 0.336 e. The fourth-order valence-corrected chi connectivity index (χ4v) is 0.847. The summed E-state index contributed by atoms with van der Waals surface area (Å²) in [6.07, 6.45) is -1.13. The second kappa shape index (κ2) is 9.53. The maximum Gasteiger partial charge on any atom is 0.336 e. The molecule has 96 valence electrons. The highest BCUT2D eigenvalue weighted by Crippen LogP contribution is 1.93. The van der Waals surface area contributed by atoms with Gasteiger partial charge in [-0.1, -0.05) is 6.92 Å². The van der Waals surface area contributed by atoms with E-state index in [2.05, 4.69) is 10.1 Å². The van der Waals surface area contributed by atoms with Gasteiger partial charge in [-0.3, -0.25) is 5.73 Å². The second-order valence-electron chi connectivity index (χ2n) is 3.42. The molecule has 0 aromatic rings. The molecule has 1 aliphatic heterocycles. The molecule has 0 aliphatic carbocycles. The van der Waals surface area contributed by atoms with Crippen LogP contribution in [0.15, 0.2) is 0 Å². The number of aliphatic hydroxyl groups is 1. The van der Waals surface area contributed by atoms with Crippen molar-refractivity contribution in [3.63, 3.8) is 0 Å². The van der Waals surface area contributed by atoms with Crippen molar-refractivity contribution in [1.29, 1.82) is 0 Å². The number of carbonyl (C=O) groups is 1. The first-order valence-corrected chi connectivity index (χ1v) is 5.50. The Balaban J connectivity index is 0.000000315. The van der Waals surface area contributed by atoms with E-state index in [0.29, 0.717) is 6.42 Å². The van der Waals surface area contributed by atoms with Gasteiger partial charge in [0.15, 0.2) is 6.23 Å². The summed E-state index contributed by atoms with van der Waals surface area (Å²) in [7, 11) is 0. The van der Waals surface area contributed by atoms with Gasteiger partial charge in [0.05, 0.1) is 13.2 Å². The Hall–Kier alpha value is -0.690. The number of rotatable bonds is 3. The molecule has 2 atom stereocenters. The Morgan fingerprint density at radius 2 is 2.12 bits per heavy atom. The van der Waals surface area contributed by atoms with E-state index >= 15 is 0 Å². The van der Waals surface area contributed by atoms with Gasteiger partial charge in [-0.25, -0.2) is 4.79 Å². The molecule has 1 rings (SSSR count). The lowest BCUT2D eigenvalue weighted by Gasteiger charge is -2.11. The number of ether oxygens (including phenoxy) is 2. The normalized spacial score (nSPS) is 19.0. The maximum absolute atomic E-state index is 10.6. The van der Waals surface area contributed by atoms with Crippen LogP contribution in [-0.2, 0) is 14.3 Å². The molecule has 1 heterocycles. The second-order valence-corrected chi connectivity index (χ2v) is 3.42. The number of carbonyl (C=O) groups excluding carboxylic acids is 1. The summed E-state index contributed by atoms with van der Waals surface area (Å²) in [5, 5.41) is 11.8. The van der Waals surface area contributed by atoms with E-state index in [4.69, 9.17) is 15.6 Å². The van der Waals surface area contributed by atoms with Crippen molar-refractivity contribution in [3.05, 3.63) is 0 Å². The quantitative estimate of drug-likeness (QED) is 0.438. The SMILES string of the molecule is C1COCCN1.CCC(N)OC(=O)C(C)O. The van der Waals surface area contributed by atoms with Crippen LogP contribution in [0.3, 0.4) is 0 Å². The lowest BCUT2D eigenvalue weighted by Crippen LogP contribution is -2.31. The van der Waals surface area contributed by atoms with Crippen LogP contribution < -0.4 is 11.1 Å². The first-order chi connectivity index (χ1) is 7.57. The van der Waals surface area contributed by atoms with Gasteiger partial charge in [0.1, 0.15) is 6.10 Å². The van der Waals surface area contributed by atoms with Crippen LogP contribution in [0.1, 0.15) is 20.3 Å². The molecule has 0 amide bonds. The molecule has 4 N–H and O–H groups in total. The third-order valence-corrected chi connectivity index (χ3v) is 1.86. The summed E-state index contributed by atoms with van der Waals surface area (Å²) in [6, 6.07) is 0. The van der Waals surface area contributed by atoms with Crippen LogP contribution in [0.5, 0.6) is 0 Å². The van der Waals surface area contributed by atoms with Crippen LogP contribution in [0, 0.1) is 0 Å². The highest BCUT2D eigenvalue weighted by Gasteiger charge is 2.12. The van der Waals surface area contributed by atoms with E-state index in [0.717, 1.165) is 26.3 Å². The minimum atomic E-state index is -1.09. The van der Waals surface area contributed by atoms with E-state index in [9.17, 15) is 4.79 Å². The minimum absolute atomic E-state index is 0.554. The van der Waals surface area contributed by atoms with Gasteiger partial charge < -0.3 is 19.9 Å². The van der Waals surface area contributed by atoms with Gasteiger partial charge in [-0.05, 0) is 13.3 Å². The number of esters is 1. The number of morpholine rings is 1. The largest absolute Gasteiger partial charge is 0.445 e. The van der Waals surface area contributed by atoms with Gasteiger partial charge >= 0.3 is 5.97 Å². The average Bonchev–Trinajstić information content (AvgIpc) is 2.31. The summed E-state index contributed by atoms with van der Waals surface area (Å²) >= 11 is 0. The summed E-state index contributed by atoms with van der Waals surface area (Å²) in [5.74, 6) is -0.672. The van der Waals surface area contributed by atoms with Crippen LogP contribution >= 0.6 is 0 Å². The Kier molecular flexibility index (Phi) is 9.12. The molecule has 2 unspecified atom stereocenters. The summed E-state index contributed by atoms with van der Waals surface area (Å²) in [4.78, 5) is 10.6. The monoisotopic (exact) mass is 234 g/mol. The zero-order valence-corrected chi connectivity index (χ0v) is 9.94. The molecule has 1 fully saturated rings. The third-order valence-electron chi connectivity index (χ3n) is 1.86. The molecule has 0 aromatic heterocycles. The van der Waals surface area contributed by atoms with E-state index in [1.807, 2.05) is 0 Å². The Bertz CT molecular complexity index is 172. The molecule has 0 radical (unpaired) electrons. The number of hydrogen-bond acceptors (Lipinski definition) is 6. The van der Waals surface area contributed by atoms with Gasteiger partial charge in [0.25, 0.3) is 0 Å². The van der Waals surface area contributed by atoms with E-state index in [1.54, 1.807) is 6.92 Å². The Morgan fingerprint density at radius 1 is 1.56 bits per heavy atom. The van der Waals surface area contributed by atoms with Crippen LogP contribution in [0.4, 0.5) is 0 Å². The zero-order valence-electron chi connectivity index (χ0n) is 9.94. The maximum atomic E-state index is 10.6. The van der Waals surface area contributed by atoms with Gasteiger partial charge in [-0.15, -0.1) is 0 Å². The molecule has 1 saturated heterocycles. The molecule has 0 spiro atoms. The van der Waals surface area contributed by atoms with Crippen molar-refractivity contribution in [2.45, 2.75) is 32.6 Å². The Labute approximate surface area is 96.1 Å². The lowest BCUT2D eigenvalue weighted by atomic mass is 10.4. The molecule has 0 saturated carbocycles. The topological polar surface area (TPSA) is 93.8 Å². The summed E-state index contributed by atoms with van der Waals surface area (Å²) < 4.78 is 9.56. The molecule has 0 bridgehead atoms. The predicted molar refractivity (Wildman–Crippen MR) is 59.7 cm³/mol. The molecule has 0 aromatic carbocycles. The highest BCUT2D eigenvalue weighted by atomic mass is 16.6. The molecule has 6 heteroatoms. The van der Waals surface area contributed by atoms with Gasteiger partial charge in [0.2, 0.25) is 0 Å². The van der Waals surface area contributed by atoms with E-state index < -0.39 is 18.3 Å². The van der Waals surface area contributed by atoms with Crippen molar-refractivity contribution < 1.29 is 19.4 Å². The highest BCUT2D eigenvalue weighted by molar-refractivity contribution is 5.73. The van der Waals surface area contributed by atoms with Crippen LogP contribution in [0.25, 0.3) is 0 Å². The average molecular weight is 234 g/mol. The molecular formula is C10H22N2O4. The zero-order chi connectivity index (χ0) is 12.4. The number of aliphatic hydroxyl groups excluding tert-OH is 1. The molecular weight excluding hydrogens is 212 g/mol. The Morgan fingerprint density at radius 3 is 2.38 bits per heavy atom. The van der Waals surface area contributed by atoms with Crippen molar-refractivity contribution in [1.82, 2.24) is 5.32 Å². The fourth-order valence-electron chi connectivity index (χ4n) is 0.847. The predicted octanol–water partition coefficient (Wildman–Crippen LogP) is -0.789.